The zero-order valence-electron chi connectivity index (χ0n) is 9.54. The van der Waals surface area contributed by atoms with Crippen molar-refractivity contribution in [2.75, 3.05) is 6.54 Å². The van der Waals surface area contributed by atoms with Crippen LogP contribution in [-0.2, 0) is 0 Å². The van der Waals surface area contributed by atoms with Gasteiger partial charge in [0.1, 0.15) is 0 Å². The molecular formula is C13H22N2. The van der Waals surface area contributed by atoms with E-state index in [0.29, 0.717) is 11.3 Å². The first-order valence-corrected chi connectivity index (χ1v) is 6.60. The second kappa shape index (κ2) is 3.50. The first-order chi connectivity index (χ1) is 7.30. The summed E-state index contributed by atoms with van der Waals surface area (Å²) >= 11 is 0. The number of rotatable bonds is 4. The molecule has 0 aliphatic heterocycles. The van der Waals surface area contributed by atoms with Gasteiger partial charge in [-0.3, -0.25) is 4.99 Å². The number of hydrogen-bond acceptors (Lipinski definition) is 1. The Labute approximate surface area is 92.3 Å². The largest absolute Gasteiger partial charge is 0.387 e. The van der Waals surface area contributed by atoms with Crippen LogP contribution in [0.4, 0.5) is 0 Å². The lowest BCUT2D eigenvalue weighted by molar-refractivity contribution is 0.452. The van der Waals surface area contributed by atoms with Gasteiger partial charge in [-0.1, -0.05) is 12.8 Å². The Kier molecular flexibility index (Phi) is 2.26. The van der Waals surface area contributed by atoms with Gasteiger partial charge in [-0.2, -0.15) is 0 Å². The summed E-state index contributed by atoms with van der Waals surface area (Å²) in [6, 6.07) is 0. The first-order valence-electron chi connectivity index (χ1n) is 6.60. The molecule has 0 bridgehead atoms. The summed E-state index contributed by atoms with van der Waals surface area (Å²) in [4.78, 5) is 4.70. The predicted octanol–water partition coefficient (Wildman–Crippen LogP) is 2.72. The van der Waals surface area contributed by atoms with Crippen LogP contribution < -0.4 is 5.73 Å². The average molecular weight is 206 g/mol. The Hall–Kier alpha value is -0.530. The maximum Gasteiger partial charge on any atom is 0.0968 e. The van der Waals surface area contributed by atoms with Crippen LogP contribution in [0.3, 0.4) is 0 Å². The van der Waals surface area contributed by atoms with Crippen molar-refractivity contribution >= 4 is 5.84 Å². The molecule has 0 amide bonds. The molecule has 3 aliphatic rings. The molecule has 0 spiro atoms. The molecule has 0 aromatic carbocycles. The average Bonchev–Trinajstić information content (AvgIpc) is 3.14. The zero-order chi connectivity index (χ0) is 10.3. The second-order valence-electron chi connectivity index (χ2n) is 5.86. The molecule has 3 rings (SSSR count). The van der Waals surface area contributed by atoms with Gasteiger partial charge >= 0.3 is 0 Å². The zero-order valence-corrected chi connectivity index (χ0v) is 9.54. The van der Waals surface area contributed by atoms with E-state index >= 15 is 0 Å². The topological polar surface area (TPSA) is 38.4 Å². The quantitative estimate of drug-likeness (QED) is 0.557. The van der Waals surface area contributed by atoms with Crippen molar-refractivity contribution < 1.29 is 0 Å². The summed E-state index contributed by atoms with van der Waals surface area (Å²) in [5.41, 5.74) is 6.71. The molecule has 0 aromatic heterocycles. The van der Waals surface area contributed by atoms with Crippen LogP contribution in [0.25, 0.3) is 0 Å². The van der Waals surface area contributed by atoms with E-state index in [0.717, 1.165) is 18.3 Å². The van der Waals surface area contributed by atoms with E-state index in [9.17, 15) is 0 Å². The van der Waals surface area contributed by atoms with Crippen LogP contribution in [0.1, 0.15) is 51.4 Å². The summed E-state index contributed by atoms with van der Waals surface area (Å²) in [5, 5.41) is 0. The van der Waals surface area contributed by atoms with Crippen molar-refractivity contribution in [3.05, 3.63) is 0 Å². The highest BCUT2D eigenvalue weighted by atomic mass is 14.9. The minimum Gasteiger partial charge on any atom is -0.387 e. The van der Waals surface area contributed by atoms with Crippen LogP contribution in [0, 0.1) is 17.3 Å². The maximum absolute atomic E-state index is 6.08. The molecule has 0 atom stereocenters. The number of nitrogens with zero attached hydrogens (tertiary/aromatic N) is 1. The highest BCUT2D eigenvalue weighted by molar-refractivity contribution is 5.83. The molecule has 0 saturated heterocycles. The Balaban J connectivity index is 1.56. The van der Waals surface area contributed by atoms with Gasteiger partial charge in [0.2, 0.25) is 0 Å². The maximum atomic E-state index is 6.08. The fourth-order valence-electron chi connectivity index (χ4n) is 3.15. The van der Waals surface area contributed by atoms with Crippen molar-refractivity contribution in [2.24, 2.45) is 28.0 Å². The van der Waals surface area contributed by atoms with Gasteiger partial charge in [-0.05, 0) is 49.9 Å². The lowest BCUT2D eigenvalue weighted by Gasteiger charge is -2.13. The standard InChI is InChI=1S/C13H22N2/c14-12(10-3-1-2-4-10)15-9-13(7-8-13)11-5-6-11/h10-11H,1-9H2,(H2,14,15). The van der Waals surface area contributed by atoms with E-state index in [-0.39, 0.29) is 0 Å². The van der Waals surface area contributed by atoms with E-state index in [1.54, 1.807) is 0 Å². The van der Waals surface area contributed by atoms with Crippen molar-refractivity contribution in [3.8, 4) is 0 Å². The third-order valence-corrected chi connectivity index (χ3v) is 4.69. The van der Waals surface area contributed by atoms with Crippen molar-refractivity contribution in [1.29, 1.82) is 0 Å². The lowest BCUT2D eigenvalue weighted by atomic mass is 10.0. The van der Waals surface area contributed by atoms with Crippen LogP contribution >= 0.6 is 0 Å². The molecule has 0 heterocycles. The SMILES string of the molecule is NC(=NCC1(C2CC2)CC1)C1CCCC1. The number of nitrogens with two attached hydrogens (primary N) is 1. The smallest absolute Gasteiger partial charge is 0.0968 e. The molecule has 3 fully saturated rings. The Morgan fingerprint density at radius 3 is 2.33 bits per heavy atom. The summed E-state index contributed by atoms with van der Waals surface area (Å²) in [6.45, 7) is 1.04. The molecule has 3 aliphatic carbocycles. The summed E-state index contributed by atoms with van der Waals surface area (Å²) < 4.78 is 0. The molecule has 0 unspecified atom stereocenters. The molecule has 2 N–H and O–H groups in total. The van der Waals surface area contributed by atoms with Crippen LogP contribution in [0.15, 0.2) is 4.99 Å². The van der Waals surface area contributed by atoms with E-state index in [1.165, 1.54) is 51.4 Å². The fourth-order valence-corrected chi connectivity index (χ4v) is 3.15. The third kappa shape index (κ3) is 1.91. The molecule has 2 heteroatoms. The molecule has 3 saturated carbocycles. The van der Waals surface area contributed by atoms with Crippen LogP contribution in [0.2, 0.25) is 0 Å². The van der Waals surface area contributed by atoms with E-state index < -0.39 is 0 Å². The van der Waals surface area contributed by atoms with Gasteiger partial charge in [-0.25, -0.2) is 0 Å². The van der Waals surface area contributed by atoms with Gasteiger partial charge in [0.05, 0.1) is 5.84 Å². The lowest BCUT2D eigenvalue weighted by Crippen LogP contribution is -2.23. The third-order valence-electron chi connectivity index (χ3n) is 4.69. The normalized spacial score (nSPS) is 30.8. The highest BCUT2D eigenvalue weighted by Gasteiger charge is 2.53. The van der Waals surface area contributed by atoms with Crippen LogP contribution in [0.5, 0.6) is 0 Å². The van der Waals surface area contributed by atoms with E-state index in [2.05, 4.69) is 0 Å². The minimum atomic E-state index is 0.625. The molecule has 84 valence electrons. The number of hydrogen-bond donors (Lipinski definition) is 1. The molecule has 2 nitrogen and oxygen atoms in total. The molecular weight excluding hydrogens is 184 g/mol. The van der Waals surface area contributed by atoms with Gasteiger partial charge < -0.3 is 5.73 Å². The van der Waals surface area contributed by atoms with Crippen molar-refractivity contribution in [3.63, 3.8) is 0 Å². The fraction of sp³-hybridized carbons (Fsp3) is 0.923. The van der Waals surface area contributed by atoms with Crippen molar-refractivity contribution in [2.45, 2.75) is 51.4 Å². The molecule has 15 heavy (non-hydrogen) atoms. The van der Waals surface area contributed by atoms with Crippen LogP contribution in [-0.4, -0.2) is 12.4 Å². The highest BCUT2D eigenvalue weighted by Crippen LogP contribution is 2.61. The predicted molar refractivity (Wildman–Crippen MR) is 62.8 cm³/mol. The summed E-state index contributed by atoms with van der Waals surface area (Å²) in [7, 11) is 0. The Bertz CT molecular complexity index is 268. The minimum absolute atomic E-state index is 0.625. The Morgan fingerprint density at radius 2 is 1.80 bits per heavy atom. The van der Waals surface area contributed by atoms with E-state index in [4.69, 9.17) is 10.7 Å². The summed E-state index contributed by atoms with van der Waals surface area (Å²) in [5.74, 6) is 2.61. The molecule has 0 aromatic rings. The first kappa shape index (κ1) is 9.68. The van der Waals surface area contributed by atoms with Crippen molar-refractivity contribution in [1.82, 2.24) is 0 Å². The monoisotopic (exact) mass is 206 g/mol. The van der Waals surface area contributed by atoms with Gasteiger partial charge in [0, 0.05) is 12.5 Å². The van der Waals surface area contributed by atoms with Gasteiger partial charge in [0.25, 0.3) is 0 Å². The van der Waals surface area contributed by atoms with E-state index in [1.807, 2.05) is 0 Å². The van der Waals surface area contributed by atoms with Gasteiger partial charge in [0.15, 0.2) is 0 Å². The number of aliphatic imine (C=N–C) groups is 1. The second-order valence-corrected chi connectivity index (χ2v) is 5.86. The Morgan fingerprint density at radius 1 is 1.13 bits per heavy atom. The number of amidine groups is 1. The van der Waals surface area contributed by atoms with Gasteiger partial charge in [-0.15, -0.1) is 0 Å². The summed E-state index contributed by atoms with van der Waals surface area (Å²) in [6.07, 6.45) is 11.0. The molecule has 0 radical (unpaired) electrons.